The molecule has 2 N–H and O–H groups in total. The number of unbranched alkanes of at least 4 members (excludes halogenated alkanes) is 1. The van der Waals surface area contributed by atoms with Gasteiger partial charge in [-0.3, -0.25) is 4.79 Å². The topological polar surface area (TPSA) is 70.8 Å². The third kappa shape index (κ3) is 3.61. The van der Waals surface area contributed by atoms with Gasteiger partial charge in [0, 0.05) is 6.04 Å². The Bertz CT molecular complexity index is 447. The monoisotopic (exact) mass is 265 g/mol. The summed E-state index contributed by atoms with van der Waals surface area (Å²) in [5.41, 5.74) is 6.84. The van der Waals surface area contributed by atoms with E-state index in [0.717, 1.165) is 18.4 Å². The first-order valence-corrected chi connectivity index (χ1v) is 6.51. The van der Waals surface area contributed by atoms with Crippen LogP contribution in [0.3, 0.4) is 0 Å². The summed E-state index contributed by atoms with van der Waals surface area (Å²) in [6.45, 7) is 2.74. The highest BCUT2D eigenvalue weighted by Gasteiger charge is 2.18. The van der Waals surface area contributed by atoms with Crippen LogP contribution in [0.4, 0.5) is 0 Å². The van der Waals surface area contributed by atoms with Crippen LogP contribution in [0, 0.1) is 0 Å². The molecule has 1 heterocycles. The third-order valence-electron chi connectivity index (χ3n) is 2.97. The van der Waals surface area contributed by atoms with E-state index < -0.39 is 0 Å². The Hall–Kier alpha value is -1.75. The number of nitrogens with two attached hydrogens (primary N) is 1. The zero-order valence-corrected chi connectivity index (χ0v) is 11.1. The van der Waals surface area contributed by atoms with Gasteiger partial charge in [-0.25, -0.2) is 0 Å². The van der Waals surface area contributed by atoms with Gasteiger partial charge in [0.25, 0.3) is 0 Å². The zero-order chi connectivity index (χ0) is 13.7. The third-order valence-corrected chi connectivity index (χ3v) is 2.97. The number of esters is 1. The minimum Gasteiger partial charge on any atom is -0.466 e. The maximum atomic E-state index is 11.6. The first-order chi connectivity index (χ1) is 9.20. The van der Waals surface area contributed by atoms with Crippen LogP contribution in [0.5, 0.6) is 11.5 Å². The van der Waals surface area contributed by atoms with E-state index >= 15 is 0 Å². The van der Waals surface area contributed by atoms with E-state index in [-0.39, 0.29) is 25.2 Å². The van der Waals surface area contributed by atoms with Crippen LogP contribution >= 0.6 is 0 Å². The number of hydrogen-bond acceptors (Lipinski definition) is 5. The molecule has 0 aromatic heterocycles. The number of carbonyl (C=O) groups excluding carboxylic acids is 1. The summed E-state index contributed by atoms with van der Waals surface area (Å²) in [5.74, 6) is 1.12. The zero-order valence-electron chi connectivity index (χ0n) is 11.1. The lowest BCUT2D eigenvalue weighted by atomic mass is 10.0. The fourth-order valence-electron chi connectivity index (χ4n) is 1.83. The molecule has 1 aromatic rings. The lowest BCUT2D eigenvalue weighted by Gasteiger charge is -2.12. The maximum absolute atomic E-state index is 11.6. The number of benzene rings is 1. The molecule has 19 heavy (non-hydrogen) atoms. The molecule has 0 saturated carbocycles. The van der Waals surface area contributed by atoms with Gasteiger partial charge < -0.3 is 19.9 Å². The second kappa shape index (κ2) is 6.43. The van der Waals surface area contributed by atoms with Gasteiger partial charge in [0.2, 0.25) is 6.79 Å². The minimum absolute atomic E-state index is 0.170. The summed E-state index contributed by atoms with van der Waals surface area (Å²) in [5, 5.41) is 0. The van der Waals surface area contributed by atoms with E-state index in [1.807, 2.05) is 19.1 Å². The van der Waals surface area contributed by atoms with Crippen molar-refractivity contribution in [1.82, 2.24) is 0 Å². The highest BCUT2D eigenvalue weighted by molar-refractivity contribution is 5.70. The summed E-state index contributed by atoms with van der Waals surface area (Å²) in [4.78, 5) is 11.6. The predicted molar refractivity (Wildman–Crippen MR) is 70.0 cm³/mol. The molecule has 0 radical (unpaired) electrons. The van der Waals surface area contributed by atoms with Crippen molar-refractivity contribution in [1.29, 1.82) is 0 Å². The molecule has 0 bridgehead atoms. The van der Waals surface area contributed by atoms with Crippen molar-refractivity contribution in [3.8, 4) is 11.5 Å². The molecule has 0 aliphatic carbocycles. The highest BCUT2D eigenvalue weighted by Crippen LogP contribution is 2.34. The summed E-state index contributed by atoms with van der Waals surface area (Å²) in [6, 6.07) is 5.08. The Kier molecular flexibility index (Phi) is 4.63. The van der Waals surface area contributed by atoms with Gasteiger partial charge in [0.1, 0.15) is 0 Å². The van der Waals surface area contributed by atoms with Gasteiger partial charge in [-0.2, -0.15) is 0 Å². The second-order valence-electron chi connectivity index (χ2n) is 4.50. The fraction of sp³-hybridized carbons (Fsp3) is 0.500. The van der Waals surface area contributed by atoms with E-state index in [4.69, 9.17) is 19.9 Å². The Labute approximate surface area is 112 Å². The van der Waals surface area contributed by atoms with E-state index in [0.29, 0.717) is 18.1 Å². The average molecular weight is 265 g/mol. The fourth-order valence-corrected chi connectivity index (χ4v) is 1.83. The normalized spacial score (nSPS) is 14.2. The Morgan fingerprint density at radius 2 is 2.21 bits per heavy atom. The molecule has 1 aliphatic heterocycles. The number of carbonyl (C=O) groups is 1. The molecule has 5 nitrogen and oxygen atoms in total. The standard InChI is InChI=1S/C14H19NO4/c1-2-3-6-17-14(16)8-11(15)10-4-5-12-13(7-10)19-9-18-12/h4-5,7,11H,2-3,6,8-9,15H2,1H3. The van der Waals surface area contributed by atoms with Crippen molar-refractivity contribution in [2.45, 2.75) is 32.2 Å². The molecule has 0 spiro atoms. The smallest absolute Gasteiger partial charge is 0.307 e. The van der Waals surface area contributed by atoms with Gasteiger partial charge in [0.05, 0.1) is 13.0 Å². The highest BCUT2D eigenvalue weighted by atomic mass is 16.7. The molecule has 1 atom stereocenters. The molecule has 1 aromatic carbocycles. The number of hydrogen-bond donors (Lipinski definition) is 1. The Morgan fingerprint density at radius 3 is 3.00 bits per heavy atom. The molecule has 5 heteroatoms. The molecule has 1 aliphatic rings. The maximum Gasteiger partial charge on any atom is 0.307 e. The first kappa shape index (κ1) is 13.7. The van der Waals surface area contributed by atoms with Crippen molar-refractivity contribution in [2.24, 2.45) is 5.73 Å². The van der Waals surface area contributed by atoms with Crippen LogP contribution in [-0.4, -0.2) is 19.4 Å². The Morgan fingerprint density at radius 1 is 1.42 bits per heavy atom. The quantitative estimate of drug-likeness (QED) is 0.630. The number of fused-ring (bicyclic) bond motifs is 1. The summed E-state index contributed by atoms with van der Waals surface area (Å²) in [7, 11) is 0. The van der Waals surface area contributed by atoms with Crippen LogP contribution in [0.15, 0.2) is 18.2 Å². The average Bonchev–Trinajstić information content (AvgIpc) is 2.86. The molecule has 0 fully saturated rings. The SMILES string of the molecule is CCCCOC(=O)CC(N)c1ccc2c(c1)OCO2. The Balaban J connectivity index is 1.89. The minimum atomic E-state index is -0.386. The summed E-state index contributed by atoms with van der Waals surface area (Å²) in [6.07, 6.45) is 2.05. The lowest BCUT2D eigenvalue weighted by Crippen LogP contribution is -2.17. The van der Waals surface area contributed by atoms with Crippen LogP contribution in [0.1, 0.15) is 37.8 Å². The van der Waals surface area contributed by atoms with Crippen molar-refractivity contribution in [3.05, 3.63) is 23.8 Å². The van der Waals surface area contributed by atoms with E-state index in [2.05, 4.69) is 0 Å². The molecule has 104 valence electrons. The molecular weight excluding hydrogens is 246 g/mol. The van der Waals surface area contributed by atoms with E-state index in [9.17, 15) is 4.79 Å². The molecular formula is C14H19NO4. The van der Waals surface area contributed by atoms with Crippen LogP contribution in [0.2, 0.25) is 0 Å². The summed E-state index contributed by atoms with van der Waals surface area (Å²) < 4.78 is 15.6. The van der Waals surface area contributed by atoms with E-state index in [1.165, 1.54) is 0 Å². The van der Waals surface area contributed by atoms with Crippen molar-refractivity contribution in [3.63, 3.8) is 0 Å². The van der Waals surface area contributed by atoms with Gasteiger partial charge in [-0.1, -0.05) is 19.4 Å². The first-order valence-electron chi connectivity index (χ1n) is 6.51. The van der Waals surface area contributed by atoms with Crippen LogP contribution in [-0.2, 0) is 9.53 Å². The van der Waals surface area contributed by atoms with E-state index in [1.54, 1.807) is 6.07 Å². The molecule has 0 saturated heterocycles. The second-order valence-corrected chi connectivity index (χ2v) is 4.50. The van der Waals surface area contributed by atoms with Gasteiger partial charge in [-0.05, 0) is 24.1 Å². The molecule has 1 unspecified atom stereocenters. The summed E-state index contributed by atoms with van der Waals surface area (Å²) >= 11 is 0. The largest absolute Gasteiger partial charge is 0.466 e. The van der Waals surface area contributed by atoms with Crippen molar-refractivity contribution in [2.75, 3.05) is 13.4 Å². The number of rotatable bonds is 6. The van der Waals surface area contributed by atoms with Crippen molar-refractivity contribution < 1.29 is 19.0 Å². The lowest BCUT2D eigenvalue weighted by molar-refractivity contribution is -0.144. The van der Waals surface area contributed by atoms with Crippen LogP contribution < -0.4 is 15.2 Å². The van der Waals surface area contributed by atoms with Gasteiger partial charge >= 0.3 is 5.97 Å². The van der Waals surface area contributed by atoms with Crippen LogP contribution in [0.25, 0.3) is 0 Å². The van der Waals surface area contributed by atoms with Gasteiger partial charge in [-0.15, -0.1) is 0 Å². The molecule has 2 rings (SSSR count). The molecule has 0 amide bonds. The van der Waals surface area contributed by atoms with Gasteiger partial charge in [0.15, 0.2) is 11.5 Å². The number of ether oxygens (including phenoxy) is 3. The predicted octanol–water partition coefficient (Wildman–Crippen LogP) is 2.15. The van der Waals surface area contributed by atoms with Crippen molar-refractivity contribution >= 4 is 5.97 Å².